The Balaban J connectivity index is 1.89. The van der Waals surface area contributed by atoms with Crippen molar-refractivity contribution in [2.75, 3.05) is 19.6 Å². The average molecular weight is 372 g/mol. The minimum Gasteiger partial charge on any atom is -0.481 e. The van der Waals surface area contributed by atoms with Crippen LogP contribution in [0.2, 0.25) is 0 Å². The van der Waals surface area contributed by atoms with Crippen molar-refractivity contribution in [1.29, 1.82) is 0 Å². The molecule has 1 aromatic carbocycles. The number of carbonyl (C=O) groups excluding carboxylic acids is 1. The zero-order valence-electron chi connectivity index (χ0n) is 13.8. The number of likely N-dealkylation sites (tertiary alicyclic amines) is 1. The second-order valence-corrected chi connectivity index (χ2v) is 8.04. The van der Waals surface area contributed by atoms with Crippen LogP contribution in [0.4, 0.5) is 4.39 Å². The molecular weight excluding hydrogens is 351 g/mol. The Morgan fingerprint density at radius 2 is 1.92 bits per heavy atom. The third-order valence-corrected chi connectivity index (χ3v) is 5.59. The van der Waals surface area contributed by atoms with Gasteiger partial charge >= 0.3 is 5.97 Å². The van der Waals surface area contributed by atoms with Crippen molar-refractivity contribution in [1.82, 2.24) is 9.62 Å². The molecule has 1 aliphatic heterocycles. The number of hydrogen-bond acceptors (Lipinski definition) is 4. The van der Waals surface area contributed by atoms with Crippen LogP contribution in [0.3, 0.4) is 0 Å². The Morgan fingerprint density at radius 1 is 1.28 bits per heavy atom. The summed E-state index contributed by atoms with van der Waals surface area (Å²) in [5.74, 6) is -2.28. The molecule has 0 aromatic heterocycles. The topological polar surface area (TPSA) is 104 Å². The normalized spacial score (nSPS) is 21.1. The van der Waals surface area contributed by atoms with E-state index >= 15 is 0 Å². The lowest BCUT2D eigenvalue weighted by molar-refractivity contribution is -0.146. The Bertz CT molecular complexity index is 735. The lowest BCUT2D eigenvalue weighted by atomic mass is 9.90. The van der Waals surface area contributed by atoms with E-state index in [9.17, 15) is 22.4 Å². The van der Waals surface area contributed by atoms with E-state index < -0.39 is 27.7 Å². The Hall–Kier alpha value is -2.00. The molecule has 1 fully saturated rings. The number of amides is 1. The average Bonchev–Trinajstić information content (AvgIpc) is 2.54. The number of piperidine rings is 1. The van der Waals surface area contributed by atoms with Crippen LogP contribution < -0.4 is 4.72 Å². The molecule has 138 valence electrons. The van der Waals surface area contributed by atoms with Gasteiger partial charge in [0.05, 0.1) is 10.8 Å². The van der Waals surface area contributed by atoms with Gasteiger partial charge in [-0.1, -0.05) is 6.92 Å². The van der Waals surface area contributed by atoms with Crippen LogP contribution in [0.5, 0.6) is 0 Å². The summed E-state index contributed by atoms with van der Waals surface area (Å²) in [4.78, 5) is 24.8. The molecule has 1 aliphatic rings. The molecule has 9 heteroatoms. The highest BCUT2D eigenvalue weighted by molar-refractivity contribution is 7.89. The van der Waals surface area contributed by atoms with Gasteiger partial charge in [0.25, 0.3) is 0 Å². The molecule has 1 aromatic rings. The van der Waals surface area contributed by atoms with Gasteiger partial charge in [0.1, 0.15) is 5.82 Å². The van der Waals surface area contributed by atoms with Gasteiger partial charge < -0.3 is 10.0 Å². The maximum Gasteiger partial charge on any atom is 0.308 e. The summed E-state index contributed by atoms with van der Waals surface area (Å²) in [6.45, 7) is 2.38. The number of carboxylic acids is 1. The first-order chi connectivity index (χ1) is 11.7. The second-order valence-electron chi connectivity index (χ2n) is 6.28. The lowest BCUT2D eigenvalue weighted by Crippen LogP contribution is -2.46. The van der Waals surface area contributed by atoms with Gasteiger partial charge in [-0.2, -0.15) is 0 Å². The van der Waals surface area contributed by atoms with Crippen LogP contribution in [0, 0.1) is 17.7 Å². The van der Waals surface area contributed by atoms with E-state index in [1.54, 1.807) is 0 Å². The molecule has 0 bridgehead atoms. The summed E-state index contributed by atoms with van der Waals surface area (Å²) in [7, 11) is -3.82. The van der Waals surface area contributed by atoms with Crippen LogP contribution in [-0.2, 0) is 19.6 Å². The second kappa shape index (κ2) is 7.92. The largest absolute Gasteiger partial charge is 0.481 e. The first-order valence-corrected chi connectivity index (χ1v) is 9.43. The van der Waals surface area contributed by atoms with Crippen LogP contribution in [0.1, 0.15) is 19.8 Å². The van der Waals surface area contributed by atoms with Gasteiger partial charge in [-0.15, -0.1) is 0 Å². The molecule has 1 amide bonds. The summed E-state index contributed by atoms with van der Waals surface area (Å²) in [6, 6.07) is 4.37. The van der Waals surface area contributed by atoms with Gasteiger partial charge in [0.15, 0.2) is 0 Å². The number of nitrogens with zero attached hydrogens (tertiary/aromatic N) is 1. The first-order valence-electron chi connectivity index (χ1n) is 7.95. The summed E-state index contributed by atoms with van der Waals surface area (Å²) < 4.78 is 39.3. The number of halogens is 1. The quantitative estimate of drug-likeness (QED) is 0.777. The van der Waals surface area contributed by atoms with E-state index in [4.69, 9.17) is 5.11 Å². The summed E-state index contributed by atoms with van der Waals surface area (Å²) in [5, 5.41) is 9.13. The molecule has 7 nitrogen and oxygen atoms in total. The van der Waals surface area contributed by atoms with Gasteiger partial charge in [0, 0.05) is 26.1 Å². The van der Waals surface area contributed by atoms with E-state index in [0.29, 0.717) is 13.0 Å². The van der Waals surface area contributed by atoms with E-state index in [1.807, 2.05) is 6.92 Å². The minimum absolute atomic E-state index is 0.0700. The van der Waals surface area contributed by atoms with Crippen LogP contribution in [0.15, 0.2) is 29.2 Å². The van der Waals surface area contributed by atoms with Crippen LogP contribution in [0.25, 0.3) is 0 Å². The van der Waals surface area contributed by atoms with Gasteiger partial charge in [0.2, 0.25) is 15.9 Å². The highest BCUT2D eigenvalue weighted by Crippen LogP contribution is 2.22. The third kappa shape index (κ3) is 5.23. The maximum absolute atomic E-state index is 12.9. The number of carboxylic acid groups (broad SMARTS) is 1. The predicted octanol–water partition coefficient (Wildman–Crippen LogP) is 1.06. The molecule has 0 aliphatic carbocycles. The van der Waals surface area contributed by atoms with Crippen molar-refractivity contribution in [3.8, 4) is 0 Å². The van der Waals surface area contributed by atoms with Gasteiger partial charge in [-0.3, -0.25) is 9.59 Å². The van der Waals surface area contributed by atoms with E-state index in [2.05, 4.69) is 4.72 Å². The fourth-order valence-electron chi connectivity index (χ4n) is 2.88. The number of carbonyl (C=O) groups is 2. The minimum atomic E-state index is -3.82. The highest BCUT2D eigenvalue weighted by Gasteiger charge is 2.31. The summed E-state index contributed by atoms with van der Waals surface area (Å²) in [5.41, 5.74) is 0. The van der Waals surface area contributed by atoms with Crippen LogP contribution in [-0.4, -0.2) is 49.9 Å². The number of sulfonamides is 1. The zero-order chi connectivity index (χ0) is 18.6. The number of benzene rings is 1. The van der Waals surface area contributed by atoms with Crippen LogP contribution >= 0.6 is 0 Å². The van der Waals surface area contributed by atoms with Crippen molar-refractivity contribution in [2.45, 2.75) is 24.7 Å². The van der Waals surface area contributed by atoms with Gasteiger partial charge in [-0.05, 0) is 36.6 Å². The molecule has 1 saturated heterocycles. The smallest absolute Gasteiger partial charge is 0.308 e. The number of hydrogen-bond donors (Lipinski definition) is 2. The number of rotatable bonds is 6. The lowest BCUT2D eigenvalue weighted by Gasteiger charge is -2.34. The molecule has 2 rings (SSSR count). The fourth-order valence-corrected chi connectivity index (χ4v) is 3.91. The van der Waals surface area contributed by atoms with Crippen molar-refractivity contribution in [2.24, 2.45) is 11.8 Å². The monoisotopic (exact) mass is 372 g/mol. The third-order valence-electron chi connectivity index (χ3n) is 4.12. The first kappa shape index (κ1) is 19.3. The molecular formula is C16H21FN2O5S. The zero-order valence-corrected chi connectivity index (χ0v) is 14.6. The van der Waals surface area contributed by atoms with E-state index in [0.717, 1.165) is 24.3 Å². The number of aliphatic carboxylic acids is 1. The van der Waals surface area contributed by atoms with Crippen molar-refractivity contribution >= 4 is 21.9 Å². The molecule has 0 spiro atoms. The van der Waals surface area contributed by atoms with Crippen molar-refractivity contribution < 1.29 is 27.5 Å². The summed E-state index contributed by atoms with van der Waals surface area (Å²) in [6.07, 6.45) is 0.454. The van der Waals surface area contributed by atoms with E-state index in [1.165, 1.54) is 4.90 Å². The Morgan fingerprint density at radius 3 is 2.52 bits per heavy atom. The molecule has 2 atom stereocenters. The fraction of sp³-hybridized carbons (Fsp3) is 0.500. The molecule has 0 saturated carbocycles. The maximum atomic E-state index is 12.9. The Labute approximate surface area is 145 Å². The predicted molar refractivity (Wildman–Crippen MR) is 87.7 cm³/mol. The number of nitrogens with one attached hydrogen (secondary N) is 1. The van der Waals surface area contributed by atoms with E-state index in [-0.39, 0.29) is 36.2 Å². The molecule has 1 heterocycles. The Kier molecular flexibility index (Phi) is 6.12. The molecule has 25 heavy (non-hydrogen) atoms. The van der Waals surface area contributed by atoms with Crippen molar-refractivity contribution in [3.05, 3.63) is 30.1 Å². The molecule has 2 N–H and O–H groups in total. The standard InChI is InChI=1S/C16H21FN2O5S/c1-11-8-12(16(21)22)10-19(9-11)15(20)6-7-18-25(23,24)14-4-2-13(17)3-5-14/h2-5,11-12,18H,6-10H2,1H3,(H,21,22). The highest BCUT2D eigenvalue weighted by atomic mass is 32.2. The summed E-state index contributed by atoms with van der Waals surface area (Å²) >= 11 is 0. The molecule has 2 unspecified atom stereocenters. The van der Waals surface area contributed by atoms with Gasteiger partial charge in [-0.25, -0.2) is 17.5 Å². The van der Waals surface area contributed by atoms with Crippen molar-refractivity contribution in [3.63, 3.8) is 0 Å². The SMILES string of the molecule is CC1CC(C(=O)O)CN(C(=O)CCNS(=O)(=O)c2ccc(F)cc2)C1. The molecule has 0 radical (unpaired) electrons.